The second-order valence-electron chi connectivity index (χ2n) is 11.1. The van der Waals surface area contributed by atoms with E-state index in [0.29, 0.717) is 0 Å². The smallest absolute Gasteiger partial charge is 0.0726 e. The molecule has 216 valence electrons. The minimum Gasteiger partial charge on any atom is -0.355 e. The van der Waals surface area contributed by atoms with Crippen LogP contribution in [0.4, 0.5) is 0 Å². The molecule has 2 aliphatic rings. The van der Waals surface area contributed by atoms with Crippen LogP contribution >= 0.6 is 0 Å². The molecule has 0 saturated heterocycles. The molecule has 0 aliphatic carbocycles. The number of aryl methyl sites for hydroxylation is 3. The second-order valence-corrected chi connectivity index (χ2v) is 11.1. The lowest BCUT2D eigenvalue weighted by molar-refractivity contribution is 1.02. The number of H-pyrrole nitrogens is 1. The van der Waals surface area contributed by atoms with Crippen LogP contribution in [0.25, 0.3) is 44.4 Å². The number of hydrogen-bond donors (Lipinski definition) is 2. The first-order valence-electron chi connectivity index (χ1n) is 15.9. The summed E-state index contributed by atoms with van der Waals surface area (Å²) in [5.74, 6) is 7.06. The SMILES string of the molecule is CCC1=C(CC)c2nc1cc1ccc(cc3c(CC)c(CC)c(c(CC)c4nc(c2CC)C(CC)=C4CC)n3N)[nH]1. The van der Waals surface area contributed by atoms with Crippen LogP contribution in [-0.4, -0.2) is 19.6 Å². The summed E-state index contributed by atoms with van der Waals surface area (Å²) in [6.45, 7) is 18.0. The summed E-state index contributed by atoms with van der Waals surface area (Å²) in [5, 5.41) is 0. The number of hydrogen-bond acceptors (Lipinski definition) is 3. The number of fused-ring (bicyclic) bond motifs is 8. The molecular formula is C36H47N5. The van der Waals surface area contributed by atoms with Gasteiger partial charge in [-0.05, 0) is 109 Å². The van der Waals surface area contributed by atoms with Crippen molar-refractivity contribution in [1.29, 1.82) is 0 Å². The Labute approximate surface area is 245 Å². The first-order chi connectivity index (χ1) is 19.9. The molecule has 0 aromatic carbocycles. The van der Waals surface area contributed by atoms with Gasteiger partial charge in [-0.15, -0.1) is 0 Å². The molecule has 3 aromatic rings. The van der Waals surface area contributed by atoms with Crippen LogP contribution in [0, 0.1) is 0 Å². The van der Waals surface area contributed by atoms with Crippen molar-refractivity contribution in [3.63, 3.8) is 0 Å². The van der Waals surface area contributed by atoms with Gasteiger partial charge in [-0.1, -0.05) is 55.4 Å². The summed E-state index contributed by atoms with van der Waals surface area (Å²) in [6, 6.07) is 8.74. The van der Waals surface area contributed by atoms with Crippen molar-refractivity contribution >= 4 is 44.4 Å². The van der Waals surface area contributed by atoms with Crippen LogP contribution in [0.2, 0.25) is 0 Å². The lowest BCUT2D eigenvalue weighted by Crippen LogP contribution is -2.09. The molecular weight excluding hydrogens is 502 g/mol. The maximum Gasteiger partial charge on any atom is 0.0726 e. The highest BCUT2D eigenvalue weighted by molar-refractivity contribution is 5.98. The van der Waals surface area contributed by atoms with E-state index >= 15 is 0 Å². The Morgan fingerprint density at radius 3 is 1.59 bits per heavy atom. The predicted molar refractivity (Wildman–Crippen MR) is 177 cm³/mol. The average Bonchev–Trinajstić information content (AvgIpc) is 3.73. The van der Waals surface area contributed by atoms with Crippen molar-refractivity contribution in [2.75, 3.05) is 5.84 Å². The molecule has 2 aliphatic heterocycles. The molecule has 0 saturated carbocycles. The topological polar surface area (TPSA) is 72.5 Å². The van der Waals surface area contributed by atoms with Crippen LogP contribution in [0.1, 0.15) is 126 Å². The van der Waals surface area contributed by atoms with Crippen LogP contribution < -0.4 is 5.84 Å². The molecule has 3 aromatic heterocycles. The molecule has 0 fully saturated rings. The van der Waals surface area contributed by atoms with Crippen molar-refractivity contribution in [3.05, 3.63) is 69.3 Å². The number of rotatable bonds is 8. The Morgan fingerprint density at radius 1 is 0.561 bits per heavy atom. The molecule has 3 N–H and O–H groups in total. The molecule has 41 heavy (non-hydrogen) atoms. The van der Waals surface area contributed by atoms with Gasteiger partial charge < -0.3 is 10.8 Å². The highest BCUT2D eigenvalue weighted by Crippen LogP contribution is 2.43. The maximum absolute atomic E-state index is 7.06. The van der Waals surface area contributed by atoms with Gasteiger partial charge in [0.05, 0.1) is 33.8 Å². The Hall–Kier alpha value is -3.60. The number of nitrogens with zero attached hydrogens (tertiary/aromatic N) is 3. The van der Waals surface area contributed by atoms with Gasteiger partial charge >= 0.3 is 0 Å². The van der Waals surface area contributed by atoms with Crippen molar-refractivity contribution in [2.24, 2.45) is 0 Å². The normalized spacial score (nSPS) is 13.6. The van der Waals surface area contributed by atoms with E-state index in [1.54, 1.807) is 0 Å². The number of aromatic amines is 1. The Kier molecular flexibility index (Phi) is 8.26. The van der Waals surface area contributed by atoms with E-state index in [1.165, 1.54) is 44.5 Å². The van der Waals surface area contributed by atoms with E-state index in [0.717, 1.165) is 96.2 Å². The van der Waals surface area contributed by atoms with E-state index in [4.69, 9.17) is 15.8 Å². The lowest BCUT2D eigenvalue weighted by Gasteiger charge is -2.11. The first-order valence-corrected chi connectivity index (χ1v) is 15.9. The molecule has 8 bridgehead atoms. The molecule has 5 heteroatoms. The molecule has 0 atom stereocenters. The summed E-state index contributed by atoms with van der Waals surface area (Å²) >= 11 is 0. The van der Waals surface area contributed by atoms with Gasteiger partial charge in [-0.25, -0.2) is 9.97 Å². The zero-order chi connectivity index (χ0) is 29.4. The monoisotopic (exact) mass is 549 g/mol. The third kappa shape index (κ3) is 4.54. The van der Waals surface area contributed by atoms with Crippen LogP contribution in [0.3, 0.4) is 0 Å². The molecule has 5 nitrogen and oxygen atoms in total. The van der Waals surface area contributed by atoms with E-state index in [1.807, 2.05) is 4.68 Å². The summed E-state index contributed by atoms with van der Waals surface area (Å²) in [4.78, 5) is 14.6. The number of allylic oxidation sites excluding steroid dienone is 4. The van der Waals surface area contributed by atoms with Crippen molar-refractivity contribution in [3.8, 4) is 0 Å². The van der Waals surface area contributed by atoms with E-state index in [9.17, 15) is 0 Å². The van der Waals surface area contributed by atoms with Crippen LogP contribution in [0.5, 0.6) is 0 Å². The molecule has 0 spiro atoms. The lowest BCUT2D eigenvalue weighted by atomic mass is 9.92. The molecule has 0 radical (unpaired) electrons. The third-order valence-corrected chi connectivity index (χ3v) is 9.10. The number of nitrogen functional groups attached to an aromatic ring is 1. The first kappa shape index (κ1) is 28.9. The predicted octanol–water partition coefficient (Wildman–Crippen LogP) is 9.21. The average molecular weight is 550 g/mol. The third-order valence-electron chi connectivity index (χ3n) is 9.10. The van der Waals surface area contributed by atoms with E-state index < -0.39 is 0 Å². The Balaban J connectivity index is 2.12. The summed E-state index contributed by atoms with van der Waals surface area (Å²) in [7, 11) is 0. The fraction of sp³-hybridized carbons (Fsp3) is 0.444. The summed E-state index contributed by atoms with van der Waals surface area (Å²) in [5.41, 5.74) is 19.4. The van der Waals surface area contributed by atoms with Crippen LogP contribution in [-0.2, 0) is 25.7 Å². The Bertz CT molecular complexity index is 1720. The molecule has 5 heterocycles. The van der Waals surface area contributed by atoms with Crippen molar-refractivity contribution < 1.29 is 0 Å². The minimum absolute atomic E-state index is 0.867. The van der Waals surface area contributed by atoms with E-state index in [-0.39, 0.29) is 0 Å². The second kappa shape index (κ2) is 11.7. The highest BCUT2D eigenvalue weighted by Gasteiger charge is 2.28. The van der Waals surface area contributed by atoms with Crippen molar-refractivity contribution in [2.45, 2.75) is 107 Å². The Morgan fingerprint density at radius 2 is 1.05 bits per heavy atom. The fourth-order valence-electron chi connectivity index (χ4n) is 7.25. The molecule has 0 unspecified atom stereocenters. The van der Waals surface area contributed by atoms with Gasteiger partial charge in [-0.2, -0.15) is 0 Å². The molecule has 0 amide bonds. The van der Waals surface area contributed by atoms with Gasteiger partial charge in [0, 0.05) is 22.2 Å². The summed E-state index contributed by atoms with van der Waals surface area (Å²) in [6.07, 6.45) is 7.41. The minimum atomic E-state index is 0.867. The van der Waals surface area contributed by atoms with Gasteiger partial charge in [-0.3, -0.25) is 4.68 Å². The number of aromatic nitrogens is 4. The number of nitrogens with one attached hydrogen (secondary N) is 1. The zero-order valence-electron chi connectivity index (χ0n) is 26.4. The van der Waals surface area contributed by atoms with Crippen LogP contribution in [0.15, 0.2) is 24.3 Å². The highest BCUT2D eigenvalue weighted by atomic mass is 15.3. The fourth-order valence-corrected chi connectivity index (χ4v) is 7.25. The largest absolute Gasteiger partial charge is 0.355 e. The van der Waals surface area contributed by atoms with Crippen molar-refractivity contribution in [1.82, 2.24) is 19.6 Å². The van der Waals surface area contributed by atoms with E-state index in [2.05, 4.69) is 84.6 Å². The van der Waals surface area contributed by atoms with Gasteiger partial charge in [0.25, 0.3) is 0 Å². The summed E-state index contributed by atoms with van der Waals surface area (Å²) < 4.78 is 1.95. The zero-order valence-corrected chi connectivity index (χ0v) is 26.4. The molecule has 5 rings (SSSR count). The standard InChI is InChI=1S/C36H47N5/c1-9-23-25(11-3)33-29(15-7)34-26(12-4)27(13-5)35(40-34)30(16-8)36-28(14-6)24(10-2)32(41(36)37)20-22-18-17-21(38-22)19-31(23)39-33/h17-20,38H,9-16,37H2,1-8H3. The van der Waals surface area contributed by atoms with Gasteiger partial charge in [0.15, 0.2) is 0 Å². The quantitative estimate of drug-likeness (QED) is 0.275. The maximum atomic E-state index is 7.06. The number of nitrogens with two attached hydrogens (primary N) is 1. The van der Waals surface area contributed by atoms with Gasteiger partial charge in [0.2, 0.25) is 0 Å². The van der Waals surface area contributed by atoms with Gasteiger partial charge in [0.1, 0.15) is 0 Å².